The van der Waals surface area contributed by atoms with E-state index < -0.39 is 0 Å². The van der Waals surface area contributed by atoms with Crippen LogP contribution in [0.3, 0.4) is 0 Å². The first-order valence-electron chi connectivity index (χ1n) is 6.28. The molecule has 2 aromatic rings. The lowest BCUT2D eigenvalue weighted by Crippen LogP contribution is -1.99. The molecule has 1 aromatic heterocycles. The number of nitrogens with zero attached hydrogens (tertiary/aromatic N) is 1. The van der Waals surface area contributed by atoms with Crippen LogP contribution in [0.4, 0.5) is 0 Å². The Bertz CT molecular complexity index is 617. The van der Waals surface area contributed by atoms with Crippen molar-refractivity contribution < 1.29 is 4.79 Å². The van der Waals surface area contributed by atoms with E-state index in [0.717, 1.165) is 0 Å². The van der Waals surface area contributed by atoms with Crippen LogP contribution in [0.5, 0.6) is 0 Å². The predicted molar refractivity (Wildman–Crippen MR) is 76.7 cm³/mol. The number of fused-ring (bicyclic) bond motifs is 1. The first-order valence-corrected chi connectivity index (χ1v) is 6.28. The quantitative estimate of drug-likeness (QED) is 0.747. The van der Waals surface area contributed by atoms with E-state index in [1.54, 1.807) is 13.0 Å². The average molecular weight is 241 g/mol. The van der Waals surface area contributed by atoms with Crippen LogP contribution in [0.25, 0.3) is 17.0 Å². The van der Waals surface area contributed by atoms with Crippen LogP contribution in [-0.2, 0) is 11.8 Å². The Morgan fingerprint density at radius 2 is 1.94 bits per heavy atom. The van der Waals surface area contributed by atoms with E-state index in [-0.39, 0.29) is 5.78 Å². The number of carbonyl (C=O) groups is 1. The summed E-state index contributed by atoms with van der Waals surface area (Å²) in [6, 6.07) is 8.32. The zero-order chi connectivity index (χ0) is 13.3. The van der Waals surface area contributed by atoms with E-state index in [0.29, 0.717) is 5.92 Å². The number of carbonyl (C=O) groups excluding carboxylic acids is 1. The van der Waals surface area contributed by atoms with Gasteiger partial charge in [-0.1, -0.05) is 32.0 Å². The van der Waals surface area contributed by atoms with E-state index in [1.165, 1.54) is 22.2 Å². The highest BCUT2D eigenvalue weighted by molar-refractivity contribution is 5.97. The van der Waals surface area contributed by atoms with Crippen molar-refractivity contribution in [2.45, 2.75) is 26.7 Å². The van der Waals surface area contributed by atoms with Crippen LogP contribution >= 0.6 is 0 Å². The van der Waals surface area contributed by atoms with Crippen molar-refractivity contribution in [2.75, 3.05) is 0 Å². The van der Waals surface area contributed by atoms with Crippen LogP contribution in [0.2, 0.25) is 0 Å². The lowest BCUT2D eigenvalue weighted by molar-refractivity contribution is -0.112. The summed E-state index contributed by atoms with van der Waals surface area (Å²) in [7, 11) is 2.09. The smallest absolute Gasteiger partial charge is 0.152 e. The van der Waals surface area contributed by atoms with Gasteiger partial charge in [-0.05, 0) is 31.1 Å². The predicted octanol–water partition coefficient (Wildman–Crippen LogP) is 3.90. The summed E-state index contributed by atoms with van der Waals surface area (Å²) in [5.41, 5.74) is 3.65. The molecule has 2 heteroatoms. The van der Waals surface area contributed by atoms with Crippen LogP contribution in [-0.4, -0.2) is 10.4 Å². The van der Waals surface area contributed by atoms with Crippen LogP contribution in [0, 0.1) is 0 Å². The van der Waals surface area contributed by atoms with Gasteiger partial charge in [0.15, 0.2) is 5.78 Å². The Balaban J connectivity index is 2.75. The molecule has 2 nitrogen and oxygen atoms in total. The van der Waals surface area contributed by atoms with Gasteiger partial charge < -0.3 is 4.57 Å². The fraction of sp³-hybridized carbons (Fsp3) is 0.312. The fourth-order valence-corrected chi connectivity index (χ4v) is 2.52. The molecule has 0 amide bonds. The third-order valence-electron chi connectivity index (χ3n) is 3.22. The van der Waals surface area contributed by atoms with Crippen molar-refractivity contribution in [1.29, 1.82) is 0 Å². The molecule has 0 radical (unpaired) electrons. The highest BCUT2D eigenvalue weighted by Gasteiger charge is 2.15. The number of hydrogen-bond acceptors (Lipinski definition) is 1. The van der Waals surface area contributed by atoms with Gasteiger partial charge in [0.1, 0.15) is 0 Å². The largest absolute Gasteiger partial charge is 0.347 e. The molecule has 0 saturated heterocycles. The zero-order valence-corrected chi connectivity index (χ0v) is 11.4. The zero-order valence-electron chi connectivity index (χ0n) is 11.4. The van der Waals surface area contributed by atoms with Gasteiger partial charge in [-0.3, -0.25) is 4.79 Å². The van der Waals surface area contributed by atoms with Crippen molar-refractivity contribution in [3.8, 4) is 0 Å². The summed E-state index contributed by atoms with van der Waals surface area (Å²) in [6.45, 7) is 5.94. The minimum Gasteiger partial charge on any atom is -0.347 e. The second-order valence-corrected chi connectivity index (χ2v) is 4.97. The van der Waals surface area contributed by atoms with Gasteiger partial charge in [0.25, 0.3) is 0 Å². The summed E-state index contributed by atoms with van der Waals surface area (Å²) in [4.78, 5) is 11.1. The third-order valence-corrected chi connectivity index (χ3v) is 3.22. The SMILES string of the molecule is CC(=O)/C=C/c1c(C(C)C)n(C)c2ccccc12. The van der Waals surface area contributed by atoms with Gasteiger partial charge in [-0.15, -0.1) is 0 Å². The van der Waals surface area contributed by atoms with Gasteiger partial charge >= 0.3 is 0 Å². The number of benzene rings is 1. The van der Waals surface area contributed by atoms with E-state index in [4.69, 9.17) is 0 Å². The molecule has 0 atom stereocenters. The molecule has 1 aromatic carbocycles. The maximum absolute atomic E-state index is 11.1. The molecule has 0 aliphatic heterocycles. The number of aromatic nitrogens is 1. The van der Waals surface area contributed by atoms with Crippen LogP contribution < -0.4 is 0 Å². The van der Waals surface area contributed by atoms with Gasteiger partial charge in [0, 0.05) is 29.2 Å². The first kappa shape index (κ1) is 12.6. The molecule has 18 heavy (non-hydrogen) atoms. The van der Waals surface area contributed by atoms with Gasteiger partial charge in [-0.25, -0.2) is 0 Å². The van der Waals surface area contributed by atoms with Gasteiger partial charge in [0.2, 0.25) is 0 Å². The highest BCUT2D eigenvalue weighted by atomic mass is 16.1. The normalized spacial score (nSPS) is 11.8. The van der Waals surface area contributed by atoms with E-state index >= 15 is 0 Å². The maximum Gasteiger partial charge on any atom is 0.152 e. The summed E-state index contributed by atoms with van der Waals surface area (Å²) in [5.74, 6) is 0.506. The summed E-state index contributed by atoms with van der Waals surface area (Å²) < 4.78 is 2.22. The minimum atomic E-state index is 0.0811. The van der Waals surface area contributed by atoms with Gasteiger partial charge in [0.05, 0.1) is 0 Å². The maximum atomic E-state index is 11.1. The Kier molecular flexibility index (Phi) is 3.37. The topological polar surface area (TPSA) is 22.0 Å². The van der Waals surface area contributed by atoms with Crippen LogP contribution in [0.1, 0.15) is 37.9 Å². The number of ketones is 1. The third kappa shape index (κ3) is 2.10. The summed E-state index contributed by atoms with van der Waals surface area (Å²) in [5, 5.41) is 1.21. The fourth-order valence-electron chi connectivity index (χ4n) is 2.52. The molecular weight excluding hydrogens is 222 g/mol. The monoisotopic (exact) mass is 241 g/mol. The van der Waals surface area contributed by atoms with Crippen molar-refractivity contribution in [3.63, 3.8) is 0 Å². The van der Waals surface area contributed by atoms with E-state index in [9.17, 15) is 4.79 Å². The van der Waals surface area contributed by atoms with Crippen molar-refractivity contribution in [3.05, 3.63) is 41.6 Å². The molecule has 0 fully saturated rings. The summed E-state index contributed by atoms with van der Waals surface area (Å²) in [6.07, 6.45) is 3.59. The minimum absolute atomic E-state index is 0.0811. The average Bonchev–Trinajstić information content (AvgIpc) is 2.60. The number of rotatable bonds is 3. The van der Waals surface area contributed by atoms with E-state index in [2.05, 4.69) is 37.6 Å². The van der Waals surface area contributed by atoms with Crippen molar-refractivity contribution in [1.82, 2.24) is 4.57 Å². The molecule has 0 N–H and O–H groups in total. The molecule has 0 aliphatic carbocycles. The Morgan fingerprint density at radius 1 is 1.28 bits per heavy atom. The Hall–Kier alpha value is -1.83. The van der Waals surface area contributed by atoms with Crippen LogP contribution in [0.15, 0.2) is 30.3 Å². The highest BCUT2D eigenvalue weighted by Crippen LogP contribution is 2.31. The standard InChI is InChI=1S/C16H19NO/c1-11(2)16-14(10-9-12(3)18)13-7-5-6-8-15(13)17(16)4/h5-11H,1-4H3/b10-9+. The molecule has 2 rings (SSSR count). The molecule has 94 valence electrons. The molecule has 1 heterocycles. The number of para-hydroxylation sites is 1. The Labute approximate surface area is 108 Å². The molecule has 0 unspecified atom stereocenters. The summed E-state index contributed by atoms with van der Waals surface area (Å²) >= 11 is 0. The lowest BCUT2D eigenvalue weighted by atomic mass is 10.0. The molecule has 0 bridgehead atoms. The second kappa shape index (κ2) is 4.81. The number of hydrogen-bond donors (Lipinski definition) is 0. The lowest BCUT2D eigenvalue weighted by Gasteiger charge is -2.09. The number of aryl methyl sites for hydroxylation is 1. The van der Waals surface area contributed by atoms with E-state index in [1.807, 2.05) is 18.2 Å². The first-order chi connectivity index (χ1) is 8.52. The molecule has 0 spiro atoms. The molecular formula is C16H19NO. The molecule has 0 aliphatic rings. The second-order valence-electron chi connectivity index (χ2n) is 4.97. The molecule has 0 saturated carbocycles. The van der Waals surface area contributed by atoms with Crippen molar-refractivity contribution >= 4 is 22.8 Å². The van der Waals surface area contributed by atoms with Gasteiger partial charge in [-0.2, -0.15) is 0 Å². The number of allylic oxidation sites excluding steroid dienone is 1. The Morgan fingerprint density at radius 3 is 2.56 bits per heavy atom. The van der Waals surface area contributed by atoms with Crippen molar-refractivity contribution in [2.24, 2.45) is 7.05 Å².